The normalized spacial score (nSPS) is 16.1. The smallest absolute Gasteiger partial charge is 0.251 e. The van der Waals surface area contributed by atoms with Gasteiger partial charge in [-0.3, -0.25) is 4.79 Å². The molecule has 1 aliphatic rings. The van der Waals surface area contributed by atoms with Gasteiger partial charge in [0.15, 0.2) is 0 Å². The minimum Gasteiger partial charge on any atom is -0.490 e. The van der Waals surface area contributed by atoms with Gasteiger partial charge in [-0.25, -0.2) is 4.98 Å². The molecule has 0 spiro atoms. The summed E-state index contributed by atoms with van der Waals surface area (Å²) in [7, 11) is 1.91. The molecule has 0 saturated carbocycles. The van der Waals surface area contributed by atoms with Crippen LogP contribution in [0.15, 0.2) is 36.7 Å². The molecule has 6 heteroatoms. The number of nitrogens with zero attached hydrogens (tertiary/aromatic N) is 3. The number of piperidine rings is 1. The van der Waals surface area contributed by atoms with Crippen molar-refractivity contribution in [3.63, 3.8) is 0 Å². The maximum Gasteiger partial charge on any atom is 0.251 e. The standard InChI is InChI=1S/C22H32N4O2/c1-22(2,3)16-26-11-8-18(9-12-26)28-19-7-5-6-17(14-19)21(27)24-15-20-23-10-13-25(20)4/h5-7,10,13-14,18H,8-9,11-12,15-16H2,1-4H3,(H,24,27). The van der Waals surface area contributed by atoms with Crippen molar-refractivity contribution < 1.29 is 9.53 Å². The number of imidazole rings is 1. The first-order valence-electron chi connectivity index (χ1n) is 10.0. The Bertz CT molecular complexity index is 786. The lowest BCUT2D eigenvalue weighted by Crippen LogP contribution is -2.42. The molecule has 1 aromatic heterocycles. The molecule has 0 atom stereocenters. The van der Waals surface area contributed by atoms with Crippen LogP contribution in [0.1, 0.15) is 49.8 Å². The Morgan fingerprint density at radius 2 is 2.04 bits per heavy atom. The van der Waals surface area contributed by atoms with E-state index in [2.05, 4.69) is 36.0 Å². The first kappa shape index (κ1) is 20.4. The fourth-order valence-corrected chi connectivity index (χ4v) is 3.59. The second-order valence-electron chi connectivity index (χ2n) is 8.82. The van der Waals surface area contributed by atoms with Gasteiger partial charge in [0.1, 0.15) is 17.7 Å². The van der Waals surface area contributed by atoms with Gasteiger partial charge in [-0.1, -0.05) is 26.8 Å². The summed E-state index contributed by atoms with van der Waals surface area (Å²) >= 11 is 0. The highest BCUT2D eigenvalue weighted by Crippen LogP contribution is 2.23. The highest BCUT2D eigenvalue weighted by atomic mass is 16.5. The monoisotopic (exact) mass is 384 g/mol. The minimum atomic E-state index is -0.117. The predicted molar refractivity (Wildman–Crippen MR) is 110 cm³/mol. The van der Waals surface area contributed by atoms with Gasteiger partial charge >= 0.3 is 0 Å². The number of amides is 1. The number of hydrogen-bond acceptors (Lipinski definition) is 4. The zero-order chi connectivity index (χ0) is 20.1. The first-order valence-corrected chi connectivity index (χ1v) is 10.0. The van der Waals surface area contributed by atoms with Crippen molar-refractivity contribution in [2.24, 2.45) is 12.5 Å². The number of nitrogens with one attached hydrogen (secondary N) is 1. The molecule has 2 aromatic rings. The highest BCUT2D eigenvalue weighted by Gasteiger charge is 2.24. The Balaban J connectivity index is 1.51. The van der Waals surface area contributed by atoms with Crippen molar-refractivity contribution in [2.45, 2.75) is 46.3 Å². The van der Waals surface area contributed by atoms with E-state index in [9.17, 15) is 4.79 Å². The molecule has 2 heterocycles. The minimum absolute atomic E-state index is 0.117. The maximum absolute atomic E-state index is 12.5. The molecule has 0 aliphatic carbocycles. The van der Waals surface area contributed by atoms with E-state index in [1.165, 1.54) is 0 Å². The van der Waals surface area contributed by atoms with Crippen LogP contribution < -0.4 is 10.1 Å². The van der Waals surface area contributed by atoms with Crippen LogP contribution in [0.3, 0.4) is 0 Å². The van der Waals surface area contributed by atoms with E-state index in [1.807, 2.05) is 42.1 Å². The third-order valence-corrected chi connectivity index (χ3v) is 4.96. The number of aryl methyl sites for hydroxylation is 1. The Kier molecular flexibility index (Phi) is 6.39. The molecular formula is C22H32N4O2. The number of benzene rings is 1. The lowest BCUT2D eigenvalue weighted by Gasteiger charge is -2.36. The molecule has 1 saturated heterocycles. The molecule has 3 rings (SSSR count). The zero-order valence-electron chi connectivity index (χ0n) is 17.4. The van der Waals surface area contributed by atoms with Crippen molar-refractivity contribution >= 4 is 5.91 Å². The summed E-state index contributed by atoms with van der Waals surface area (Å²) in [6, 6.07) is 7.44. The number of hydrogen-bond donors (Lipinski definition) is 1. The van der Waals surface area contributed by atoms with Gasteiger partial charge in [-0.05, 0) is 36.5 Å². The number of rotatable bonds is 6. The van der Waals surface area contributed by atoms with E-state index in [4.69, 9.17) is 4.74 Å². The number of aromatic nitrogens is 2. The molecular weight excluding hydrogens is 352 g/mol. The number of carbonyl (C=O) groups excluding carboxylic acids is 1. The number of likely N-dealkylation sites (tertiary alicyclic amines) is 1. The predicted octanol–water partition coefficient (Wildman–Crippen LogP) is 3.24. The van der Waals surface area contributed by atoms with Crippen LogP contribution in [-0.4, -0.2) is 46.1 Å². The molecule has 152 valence electrons. The summed E-state index contributed by atoms with van der Waals surface area (Å²) < 4.78 is 8.07. The average Bonchev–Trinajstić information content (AvgIpc) is 3.05. The number of ether oxygens (including phenoxy) is 1. The fraction of sp³-hybridized carbons (Fsp3) is 0.545. The van der Waals surface area contributed by atoms with Crippen molar-refractivity contribution in [1.82, 2.24) is 19.8 Å². The van der Waals surface area contributed by atoms with Crippen molar-refractivity contribution in [3.8, 4) is 5.75 Å². The Morgan fingerprint density at radius 3 is 2.68 bits per heavy atom. The lowest BCUT2D eigenvalue weighted by atomic mass is 9.94. The summed E-state index contributed by atoms with van der Waals surface area (Å²) in [5, 5.41) is 2.92. The molecule has 1 N–H and O–H groups in total. The van der Waals surface area contributed by atoms with Gasteiger partial charge in [-0.15, -0.1) is 0 Å². The topological polar surface area (TPSA) is 59.4 Å². The van der Waals surface area contributed by atoms with Crippen molar-refractivity contribution in [2.75, 3.05) is 19.6 Å². The van der Waals surface area contributed by atoms with Gasteiger partial charge in [0.2, 0.25) is 0 Å². The van der Waals surface area contributed by atoms with E-state index in [-0.39, 0.29) is 12.0 Å². The molecule has 1 aromatic carbocycles. The van der Waals surface area contributed by atoms with Crippen LogP contribution in [0.5, 0.6) is 5.75 Å². The highest BCUT2D eigenvalue weighted by molar-refractivity contribution is 5.94. The molecule has 28 heavy (non-hydrogen) atoms. The van der Waals surface area contributed by atoms with E-state index in [0.29, 0.717) is 17.5 Å². The van der Waals surface area contributed by atoms with Crippen LogP contribution >= 0.6 is 0 Å². The second-order valence-corrected chi connectivity index (χ2v) is 8.82. The fourth-order valence-electron chi connectivity index (χ4n) is 3.59. The maximum atomic E-state index is 12.5. The Labute approximate surface area is 167 Å². The third kappa shape index (κ3) is 5.83. The van der Waals surface area contributed by atoms with Crippen molar-refractivity contribution in [3.05, 3.63) is 48.0 Å². The number of carbonyl (C=O) groups is 1. The van der Waals surface area contributed by atoms with Crippen LogP contribution in [-0.2, 0) is 13.6 Å². The Morgan fingerprint density at radius 1 is 1.29 bits per heavy atom. The summed E-state index contributed by atoms with van der Waals surface area (Å²) in [4.78, 5) is 19.2. The summed E-state index contributed by atoms with van der Waals surface area (Å²) in [5.74, 6) is 1.47. The quantitative estimate of drug-likeness (QED) is 0.831. The largest absolute Gasteiger partial charge is 0.490 e. The van der Waals surface area contributed by atoms with Gasteiger partial charge in [0.25, 0.3) is 5.91 Å². The third-order valence-electron chi connectivity index (χ3n) is 4.96. The molecule has 1 fully saturated rings. The van der Waals surface area contributed by atoms with Crippen LogP contribution in [0.4, 0.5) is 0 Å². The van der Waals surface area contributed by atoms with E-state index >= 15 is 0 Å². The molecule has 0 radical (unpaired) electrons. The van der Waals surface area contributed by atoms with Gasteiger partial charge in [-0.2, -0.15) is 0 Å². The van der Waals surface area contributed by atoms with Crippen molar-refractivity contribution in [1.29, 1.82) is 0 Å². The van der Waals surface area contributed by atoms with Gasteiger partial charge in [0, 0.05) is 44.6 Å². The molecule has 1 amide bonds. The SMILES string of the molecule is Cn1ccnc1CNC(=O)c1cccc(OC2CCN(CC(C)(C)C)CC2)c1. The van der Waals surface area contributed by atoms with Crippen LogP contribution in [0, 0.1) is 5.41 Å². The summed E-state index contributed by atoms with van der Waals surface area (Å²) in [6.07, 6.45) is 5.84. The van der Waals surface area contributed by atoms with E-state index < -0.39 is 0 Å². The Hall–Kier alpha value is -2.34. The zero-order valence-corrected chi connectivity index (χ0v) is 17.4. The molecule has 1 aliphatic heterocycles. The summed E-state index contributed by atoms with van der Waals surface area (Å²) in [6.45, 7) is 10.5. The van der Waals surface area contributed by atoms with E-state index in [1.54, 1.807) is 6.20 Å². The first-order chi connectivity index (χ1) is 13.3. The molecule has 6 nitrogen and oxygen atoms in total. The van der Waals surface area contributed by atoms with Gasteiger partial charge in [0.05, 0.1) is 6.54 Å². The molecule has 0 bridgehead atoms. The van der Waals surface area contributed by atoms with E-state index in [0.717, 1.165) is 44.0 Å². The van der Waals surface area contributed by atoms with Crippen LogP contribution in [0.2, 0.25) is 0 Å². The van der Waals surface area contributed by atoms with Crippen LogP contribution in [0.25, 0.3) is 0 Å². The van der Waals surface area contributed by atoms with Gasteiger partial charge < -0.3 is 19.5 Å². The average molecular weight is 385 g/mol. The lowest BCUT2D eigenvalue weighted by molar-refractivity contribution is 0.0808. The summed E-state index contributed by atoms with van der Waals surface area (Å²) in [5.41, 5.74) is 0.932. The molecule has 0 unspecified atom stereocenters. The second kappa shape index (κ2) is 8.78.